The quantitative estimate of drug-likeness (QED) is 0.181. The third kappa shape index (κ3) is 4.31. The van der Waals surface area contributed by atoms with Gasteiger partial charge in [0, 0.05) is 22.1 Å². The molecule has 7 fully saturated rings. The van der Waals surface area contributed by atoms with Gasteiger partial charge in [-0.15, -0.1) is 0 Å². The number of rotatable bonds is 6. The third-order valence-corrected chi connectivity index (χ3v) is 13.9. The van der Waals surface area contributed by atoms with Crippen LogP contribution in [0.5, 0.6) is 0 Å². The average molecular weight is 648 g/mol. The molecular formula is C47H41N3. The van der Waals surface area contributed by atoms with Gasteiger partial charge in [-0.2, -0.15) is 0 Å². The van der Waals surface area contributed by atoms with Crippen molar-refractivity contribution >= 4 is 0 Å². The van der Waals surface area contributed by atoms with Gasteiger partial charge in [-0.1, -0.05) is 127 Å². The molecule has 1 heterocycles. The minimum Gasteiger partial charge on any atom is -0.208 e. The second-order valence-electron chi connectivity index (χ2n) is 16.1. The summed E-state index contributed by atoms with van der Waals surface area (Å²) in [5, 5.41) is 0. The fraction of sp³-hybridized carbons (Fsp3) is 0.298. The van der Waals surface area contributed by atoms with Crippen molar-refractivity contribution in [3.05, 3.63) is 139 Å². The number of hydrogen-bond acceptors (Lipinski definition) is 3. The van der Waals surface area contributed by atoms with E-state index in [-0.39, 0.29) is 0 Å². The van der Waals surface area contributed by atoms with Crippen LogP contribution in [-0.4, -0.2) is 15.0 Å². The summed E-state index contributed by atoms with van der Waals surface area (Å²) in [6.45, 7) is 0. The summed E-state index contributed by atoms with van der Waals surface area (Å²) in [5.41, 5.74) is 10.2. The lowest BCUT2D eigenvalue weighted by atomic mass is 9.30. The van der Waals surface area contributed by atoms with E-state index in [9.17, 15) is 0 Å². The molecule has 0 saturated heterocycles. The Kier molecular flexibility index (Phi) is 6.39. The van der Waals surface area contributed by atoms with Crippen LogP contribution in [0.3, 0.4) is 0 Å². The Morgan fingerprint density at radius 3 is 1.42 bits per heavy atom. The molecular weight excluding hydrogens is 607 g/mol. The summed E-state index contributed by atoms with van der Waals surface area (Å²) in [4.78, 5) is 14.9. The third-order valence-electron chi connectivity index (χ3n) is 13.9. The standard InChI is InChI=1S/C47H41N3/c1-4-10-31(11-5-1)37-21-20-36(47-28-30-23-40-39-22-29(25-42(40)47)26-43(47)41(39)24-30)27-38(37)32-16-18-35(19-17-32)46-49-44(33-12-6-2-7-13-33)48-45(50-46)34-14-8-3-9-15-34/h1-21,27,29-30,39-43H,22-26,28H2. The van der Waals surface area contributed by atoms with Gasteiger partial charge >= 0.3 is 0 Å². The Balaban J connectivity index is 1.03. The Bertz CT molecular complexity index is 2130. The Morgan fingerprint density at radius 2 is 0.860 bits per heavy atom. The predicted molar refractivity (Wildman–Crippen MR) is 201 cm³/mol. The minimum atomic E-state index is 0.375. The normalized spacial score (nSPS) is 29.8. The lowest BCUT2D eigenvalue weighted by molar-refractivity contribution is -0.220. The van der Waals surface area contributed by atoms with Crippen LogP contribution in [0.2, 0.25) is 0 Å². The molecule has 0 aliphatic heterocycles. The zero-order valence-electron chi connectivity index (χ0n) is 28.3. The smallest absolute Gasteiger partial charge is 0.164 e. The van der Waals surface area contributed by atoms with E-state index in [4.69, 9.17) is 15.0 Å². The molecule has 5 aromatic carbocycles. The molecule has 6 aromatic rings. The van der Waals surface area contributed by atoms with E-state index in [0.717, 1.165) is 58.1 Å². The van der Waals surface area contributed by atoms with Crippen molar-refractivity contribution in [2.45, 2.75) is 43.9 Å². The van der Waals surface area contributed by atoms with Crippen molar-refractivity contribution in [1.82, 2.24) is 15.0 Å². The van der Waals surface area contributed by atoms with E-state index in [1.54, 1.807) is 5.56 Å². The first-order chi connectivity index (χ1) is 24.7. The lowest BCUT2D eigenvalue weighted by Gasteiger charge is -2.74. The highest BCUT2D eigenvalue weighted by Gasteiger charge is 2.70. The molecule has 3 nitrogen and oxygen atoms in total. The number of benzene rings is 5. The second kappa shape index (κ2) is 11.1. The summed E-state index contributed by atoms with van der Waals surface area (Å²) < 4.78 is 0. The first-order valence-corrected chi connectivity index (χ1v) is 18.9. The van der Waals surface area contributed by atoms with Gasteiger partial charge in [-0.05, 0) is 114 Å². The fourth-order valence-corrected chi connectivity index (χ4v) is 12.2. The van der Waals surface area contributed by atoms with Gasteiger partial charge in [-0.25, -0.2) is 15.0 Å². The van der Waals surface area contributed by atoms with E-state index in [1.165, 1.54) is 60.8 Å². The molecule has 7 aliphatic rings. The predicted octanol–water partition coefficient (Wildman–Crippen LogP) is 11.2. The van der Waals surface area contributed by atoms with Crippen LogP contribution in [0, 0.1) is 41.4 Å². The van der Waals surface area contributed by atoms with Gasteiger partial charge in [0.05, 0.1) is 0 Å². The van der Waals surface area contributed by atoms with Crippen molar-refractivity contribution in [2.24, 2.45) is 41.4 Å². The number of hydrogen-bond donors (Lipinski definition) is 0. The van der Waals surface area contributed by atoms with Crippen molar-refractivity contribution in [1.29, 1.82) is 0 Å². The average Bonchev–Trinajstić information content (AvgIpc) is 3.20. The van der Waals surface area contributed by atoms with E-state index in [0.29, 0.717) is 22.9 Å². The summed E-state index contributed by atoms with van der Waals surface area (Å²) >= 11 is 0. The Morgan fingerprint density at radius 1 is 0.400 bits per heavy atom. The van der Waals surface area contributed by atoms with Gasteiger partial charge in [0.15, 0.2) is 17.5 Å². The minimum absolute atomic E-state index is 0.375. The maximum absolute atomic E-state index is 5.01. The van der Waals surface area contributed by atoms with Crippen LogP contribution in [0.25, 0.3) is 56.4 Å². The molecule has 244 valence electrons. The van der Waals surface area contributed by atoms with Crippen LogP contribution >= 0.6 is 0 Å². The molecule has 50 heavy (non-hydrogen) atoms. The summed E-state index contributed by atoms with van der Waals surface area (Å²) in [6, 6.07) is 48.1. The zero-order valence-corrected chi connectivity index (χ0v) is 28.3. The molecule has 0 amide bonds. The van der Waals surface area contributed by atoms with E-state index < -0.39 is 0 Å². The van der Waals surface area contributed by atoms with Crippen LogP contribution in [0.4, 0.5) is 0 Å². The molecule has 13 rings (SSSR count). The van der Waals surface area contributed by atoms with E-state index >= 15 is 0 Å². The largest absolute Gasteiger partial charge is 0.208 e. The van der Waals surface area contributed by atoms with Crippen molar-refractivity contribution in [2.75, 3.05) is 0 Å². The van der Waals surface area contributed by atoms with Gasteiger partial charge in [0.1, 0.15) is 0 Å². The Hall–Kier alpha value is -4.89. The molecule has 4 atom stereocenters. The Labute approximate surface area is 294 Å². The van der Waals surface area contributed by atoms with E-state index in [1.807, 2.05) is 36.4 Å². The maximum Gasteiger partial charge on any atom is 0.164 e. The molecule has 8 bridgehead atoms. The number of aromatic nitrogens is 3. The summed E-state index contributed by atoms with van der Waals surface area (Å²) in [6.07, 6.45) is 8.94. The molecule has 7 aliphatic carbocycles. The van der Waals surface area contributed by atoms with Crippen molar-refractivity contribution in [3.8, 4) is 56.4 Å². The van der Waals surface area contributed by atoms with Crippen LogP contribution in [0.15, 0.2) is 133 Å². The maximum atomic E-state index is 5.01. The highest BCUT2D eigenvalue weighted by Crippen LogP contribution is 2.76. The monoisotopic (exact) mass is 647 g/mol. The van der Waals surface area contributed by atoms with Gasteiger partial charge in [0.25, 0.3) is 0 Å². The first kappa shape index (κ1) is 28.9. The highest BCUT2D eigenvalue weighted by atomic mass is 15.0. The highest BCUT2D eigenvalue weighted by molar-refractivity contribution is 5.85. The summed E-state index contributed by atoms with van der Waals surface area (Å²) in [7, 11) is 0. The molecule has 0 N–H and O–H groups in total. The molecule has 0 spiro atoms. The van der Waals surface area contributed by atoms with Crippen molar-refractivity contribution < 1.29 is 0 Å². The zero-order chi connectivity index (χ0) is 32.8. The molecule has 4 unspecified atom stereocenters. The molecule has 0 radical (unpaired) electrons. The fourth-order valence-electron chi connectivity index (χ4n) is 12.2. The van der Waals surface area contributed by atoms with Gasteiger partial charge in [-0.3, -0.25) is 0 Å². The van der Waals surface area contributed by atoms with Crippen molar-refractivity contribution in [3.63, 3.8) is 0 Å². The first-order valence-electron chi connectivity index (χ1n) is 18.9. The van der Waals surface area contributed by atoms with E-state index in [2.05, 4.69) is 97.1 Å². The molecule has 3 heteroatoms. The van der Waals surface area contributed by atoms with Gasteiger partial charge < -0.3 is 0 Å². The molecule has 1 aromatic heterocycles. The van der Waals surface area contributed by atoms with Crippen LogP contribution < -0.4 is 0 Å². The van der Waals surface area contributed by atoms with Crippen LogP contribution in [0.1, 0.15) is 44.1 Å². The SMILES string of the molecule is c1ccc(-c2nc(-c3ccccc3)nc(-c3ccc(-c4cc(C56CC7CC8C9CC(CC85)CC6C9C7)ccc4-c4ccccc4)cc3)n2)cc1. The molecule has 7 saturated carbocycles. The lowest BCUT2D eigenvalue weighted by Crippen LogP contribution is -2.69. The summed E-state index contributed by atoms with van der Waals surface area (Å²) in [5.74, 6) is 8.74. The number of nitrogens with zero attached hydrogens (tertiary/aromatic N) is 3. The van der Waals surface area contributed by atoms with Gasteiger partial charge in [0.2, 0.25) is 0 Å². The topological polar surface area (TPSA) is 38.7 Å². The second-order valence-corrected chi connectivity index (χ2v) is 16.1. The van der Waals surface area contributed by atoms with Crippen LogP contribution in [-0.2, 0) is 5.41 Å².